The molecule has 0 radical (unpaired) electrons. The topological polar surface area (TPSA) is 0 Å². The van der Waals surface area contributed by atoms with Crippen molar-refractivity contribution in [2.24, 2.45) is 0 Å². The second kappa shape index (κ2) is 32.6. The molecule has 54 heavy (non-hydrogen) atoms. The van der Waals surface area contributed by atoms with E-state index in [2.05, 4.69) is 140 Å². The molecule has 0 N–H and O–H groups in total. The first-order valence-electron chi connectivity index (χ1n) is 19.0. The van der Waals surface area contributed by atoms with Crippen LogP contribution in [-0.4, -0.2) is 22.6 Å². The van der Waals surface area contributed by atoms with E-state index >= 15 is 0 Å². The van der Waals surface area contributed by atoms with Crippen LogP contribution in [0.25, 0.3) is 0 Å². The van der Waals surface area contributed by atoms with Gasteiger partial charge in [-0.15, -0.1) is 18.5 Å². The summed E-state index contributed by atoms with van der Waals surface area (Å²) in [5, 5.41) is 6.12. The Morgan fingerprint density at radius 1 is 0.315 bits per heavy atom. The first-order valence-corrected chi connectivity index (χ1v) is 23.2. The van der Waals surface area contributed by atoms with Crippen molar-refractivity contribution in [1.82, 2.24) is 0 Å². The predicted octanol–water partition coefficient (Wildman–Crippen LogP) is 13.5. The molecule has 6 atom stereocenters. The molecule has 0 aromatic heterocycles. The van der Waals surface area contributed by atoms with E-state index in [4.69, 9.17) is 0 Å². The van der Waals surface area contributed by atoms with Crippen LogP contribution in [0.2, 0.25) is 0 Å². The standard InChI is InChI=1S/2C17H20P2.2C5H10.4CH3.2Fe/c2*18-16-12-7-13-17(16)19(14-8-3-1-4-9-14)15-10-5-2-6-11-15;2*1-2-4-5-3-1;;;;;;/h2*1-6,8-11,16-17H,7,12-13,18H2;2*1-5H2;4*1H3;;/q;;;;4*-1;2*+2. The number of hydrogen-bond acceptors (Lipinski definition) is 0. The largest absolute Gasteiger partial charge is 2.00 e. The van der Waals surface area contributed by atoms with Crippen molar-refractivity contribution in [3.8, 4) is 0 Å². The fourth-order valence-corrected chi connectivity index (χ4v) is 15.7. The van der Waals surface area contributed by atoms with Crippen molar-refractivity contribution in [2.45, 2.75) is 125 Å². The van der Waals surface area contributed by atoms with Crippen LogP contribution in [0, 0.1) is 29.7 Å². The third-order valence-corrected chi connectivity index (χ3v) is 18.6. The van der Waals surface area contributed by atoms with Gasteiger partial charge in [-0.2, -0.15) is 0 Å². The molecule has 0 saturated heterocycles. The van der Waals surface area contributed by atoms with Crippen molar-refractivity contribution in [3.63, 3.8) is 0 Å². The molecule has 8 rings (SSSR count). The molecular formula is C48H72Fe2P4. The van der Waals surface area contributed by atoms with Gasteiger partial charge >= 0.3 is 34.1 Å². The Balaban J connectivity index is 0. The number of hydrogen-bond donors (Lipinski definition) is 0. The molecule has 0 nitrogen and oxygen atoms in total. The molecule has 4 fully saturated rings. The minimum Gasteiger partial charge on any atom is -0.358 e. The van der Waals surface area contributed by atoms with Crippen molar-refractivity contribution < 1.29 is 34.1 Å². The van der Waals surface area contributed by atoms with Gasteiger partial charge in [0.2, 0.25) is 0 Å². The van der Waals surface area contributed by atoms with Crippen LogP contribution in [0.1, 0.15) is 103 Å². The number of rotatable bonds is 6. The van der Waals surface area contributed by atoms with Gasteiger partial charge in [-0.3, -0.25) is 0 Å². The SMILES string of the molecule is C1CCCC1.C1CCCC1.PC1CCCC1P(c1ccccc1)c1ccccc1.PC1CCCC1P(c1ccccc1)c1ccccc1.[CH3-].[CH3-].[CH3-].[CH3-].[Fe+2].[Fe+2]. The summed E-state index contributed by atoms with van der Waals surface area (Å²) in [4.78, 5) is 0. The van der Waals surface area contributed by atoms with Gasteiger partial charge in [0, 0.05) is 0 Å². The Morgan fingerprint density at radius 2 is 0.519 bits per heavy atom. The molecule has 0 spiro atoms. The molecule has 6 heteroatoms. The van der Waals surface area contributed by atoms with Crippen LogP contribution >= 0.6 is 34.3 Å². The Hall–Kier alpha value is -0.361. The van der Waals surface area contributed by atoms with E-state index in [0.717, 1.165) is 22.6 Å². The zero-order valence-electron chi connectivity index (χ0n) is 33.9. The second-order valence-corrected chi connectivity index (χ2v) is 20.5. The summed E-state index contributed by atoms with van der Waals surface area (Å²) in [5.74, 6) is 0. The molecule has 6 unspecified atom stereocenters. The van der Waals surface area contributed by atoms with Crippen LogP contribution in [0.4, 0.5) is 0 Å². The quantitative estimate of drug-likeness (QED) is 0.103. The Bertz CT molecular complexity index is 1180. The fraction of sp³-hybridized carbons (Fsp3) is 0.417. The maximum atomic E-state index is 3.10. The summed E-state index contributed by atoms with van der Waals surface area (Å²) in [7, 11) is 5.77. The van der Waals surface area contributed by atoms with E-state index in [9.17, 15) is 0 Å². The normalized spacial score (nSPS) is 20.5. The molecular weight excluding hydrogens is 812 g/mol. The second-order valence-electron chi connectivity index (χ2n) is 13.9. The minimum absolute atomic E-state index is 0. The maximum absolute atomic E-state index is 3.10. The molecule has 4 aliphatic rings. The minimum atomic E-state index is -0.212. The summed E-state index contributed by atoms with van der Waals surface area (Å²) < 4.78 is 0. The van der Waals surface area contributed by atoms with Crippen LogP contribution in [0.15, 0.2) is 121 Å². The molecule has 4 saturated carbocycles. The zero-order valence-corrected chi connectivity index (χ0v) is 40.2. The van der Waals surface area contributed by atoms with Gasteiger partial charge in [-0.25, -0.2) is 0 Å². The monoisotopic (exact) mass is 884 g/mol. The fourth-order valence-electron chi connectivity index (χ4n) is 7.77. The average molecular weight is 885 g/mol. The van der Waals surface area contributed by atoms with E-state index in [-0.39, 0.29) is 79.7 Å². The summed E-state index contributed by atoms with van der Waals surface area (Å²) in [5.41, 5.74) is 3.22. The first-order chi connectivity index (χ1) is 23.7. The van der Waals surface area contributed by atoms with Crippen LogP contribution in [0.5, 0.6) is 0 Å². The molecule has 300 valence electrons. The molecule has 4 aromatic rings. The predicted molar refractivity (Wildman–Crippen MR) is 252 cm³/mol. The molecule has 0 amide bonds. The van der Waals surface area contributed by atoms with E-state index in [1.807, 2.05) is 0 Å². The average Bonchev–Trinajstić information content (AvgIpc) is 4.00. The van der Waals surface area contributed by atoms with E-state index in [1.165, 1.54) is 124 Å². The van der Waals surface area contributed by atoms with Gasteiger partial charge in [0.05, 0.1) is 0 Å². The summed E-state index contributed by atoms with van der Waals surface area (Å²) in [6.07, 6.45) is 23.3. The molecule has 0 aliphatic heterocycles. The van der Waals surface area contributed by atoms with E-state index in [1.54, 1.807) is 0 Å². The molecule has 4 aliphatic carbocycles. The summed E-state index contributed by atoms with van der Waals surface area (Å²) in [6, 6.07) is 44.4. The van der Waals surface area contributed by atoms with Gasteiger partial charge in [-0.1, -0.05) is 198 Å². The summed E-state index contributed by atoms with van der Waals surface area (Å²) >= 11 is 0. The smallest absolute Gasteiger partial charge is 0.358 e. The summed E-state index contributed by atoms with van der Waals surface area (Å²) in [6.45, 7) is 0. The van der Waals surface area contributed by atoms with Gasteiger partial charge in [0.15, 0.2) is 0 Å². The van der Waals surface area contributed by atoms with Crippen molar-refractivity contribution >= 4 is 55.5 Å². The van der Waals surface area contributed by atoms with Crippen LogP contribution < -0.4 is 21.2 Å². The van der Waals surface area contributed by atoms with Crippen molar-refractivity contribution in [1.29, 1.82) is 0 Å². The Labute approximate surface area is 363 Å². The third kappa shape index (κ3) is 18.1. The molecule has 4 aromatic carbocycles. The molecule has 0 bridgehead atoms. The Morgan fingerprint density at radius 3 is 0.685 bits per heavy atom. The van der Waals surface area contributed by atoms with Crippen molar-refractivity contribution in [3.05, 3.63) is 151 Å². The zero-order chi connectivity index (χ0) is 33.2. The molecule has 0 heterocycles. The van der Waals surface area contributed by atoms with Gasteiger partial charge in [0.25, 0.3) is 0 Å². The van der Waals surface area contributed by atoms with Crippen LogP contribution in [-0.2, 0) is 34.1 Å². The van der Waals surface area contributed by atoms with Gasteiger partial charge < -0.3 is 29.7 Å². The number of benzene rings is 4. The van der Waals surface area contributed by atoms with Gasteiger partial charge in [0.1, 0.15) is 0 Å². The van der Waals surface area contributed by atoms with Crippen LogP contribution in [0.3, 0.4) is 0 Å². The van der Waals surface area contributed by atoms with Gasteiger partial charge in [-0.05, 0) is 85.4 Å². The third-order valence-electron chi connectivity index (χ3n) is 10.4. The maximum Gasteiger partial charge on any atom is 2.00 e. The van der Waals surface area contributed by atoms with E-state index in [0.29, 0.717) is 0 Å². The van der Waals surface area contributed by atoms with E-state index < -0.39 is 0 Å². The first kappa shape index (κ1) is 55.7. The Kier molecular flexibility index (Phi) is 33.6. The van der Waals surface area contributed by atoms with Crippen molar-refractivity contribution in [2.75, 3.05) is 0 Å².